The van der Waals surface area contributed by atoms with Gasteiger partial charge >= 0.3 is 0 Å². The lowest BCUT2D eigenvalue weighted by molar-refractivity contribution is 0.0885. The Morgan fingerprint density at radius 1 is 1.30 bits per heavy atom. The van der Waals surface area contributed by atoms with Crippen molar-refractivity contribution in [2.75, 3.05) is 6.61 Å². The maximum atomic E-state index is 6.06. The van der Waals surface area contributed by atoms with Gasteiger partial charge in [-0.15, -0.1) is 0 Å². The van der Waals surface area contributed by atoms with E-state index in [4.69, 9.17) is 27.9 Å². The predicted molar refractivity (Wildman–Crippen MR) is 89.4 cm³/mol. The Balaban J connectivity index is 2.16. The van der Waals surface area contributed by atoms with E-state index in [-0.39, 0.29) is 5.28 Å². The molecule has 0 amide bonds. The lowest BCUT2D eigenvalue weighted by atomic mass is 10.4. The molecular weight excluding hydrogens is 381 g/mol. The second-order valence-corrected chi connectivity index (χ2v) is 12.9. The number of hydrogen-bond acceptors (Lipinski definition) is 3. The van der Waals surface area contributed by atoms with Gasteiger partial charge < -0.3 is 4.74 Å². The maximum absolute atomic E-state index is 6.06. The number of fused-ring (bicyclic) bond motifs is 1. The summed E-state index contributed by atoms with van der Waals surface area (Å²) in [4.78, 5) is 8.15. The summed E-state index contributed by atoms with van der Waals surface area (Å²) < 4.78 is 8.48. The summed E-state index contributed by atoms with van der Waals surface area (Å²) in [5.74, 6) is 0. The summed E-state index contributed by atoms with van der Waals surface area (Å²) in [6.07, 6.45) is 0. The van der Waals surface area contributed by atoms with Crippen molar-refractivity contribution in [3.63, 3.8) is 0 Å². The van der Waals surface area contributed by atoms with Crippen LogP contribution >= 0.6 is 39.1 Å². The van der Waals surface area contributed by atoms with E-state index in [1.807, 2.05) is 10.6 Å². The molecule has 0 aromatic carbocycles. The molecule has 0 aliphatic heterocycles. The topological polar surface area (TPSA) is 39.9 Å². The summed E-state index contributed by atoms with van der Waals surface area (Å²) >= 11 is 15.4. The normalized spacial score (nSPS) is 12.3. The summed E-state index contributed by atoms with van der Waals surface area (Å²) in [6.45, 7) is 8.13. The third-order valence-corrected chi connectivity index (χ3v) is 5.66. The average Bonchev–Trinajstić information content (AvgIpc) is 2.61. The molecule has 0 atom stereocenters. The fourth-order valence-electron chi connectivity index (χ4n) is 1.69. The Labute approximate surface area is 137 Å². The summed E-state index contributed by atoms with van der Waals surface area (Å²) in [5, 5.41) is 1.25. The van der Waals surface area contributed by atoms with Gasteiger partial charge in [-0.3, -0.25) is 4.57 Å². The van der Waals surface area contributed by atoms with Gasteiger partial charge in [-0.2, -0.15) is 4.98 Å². The predicted octanol–water partition coefficient (Wildman–Crippen LogP) is 4.81. The minimum Gasteiger partial charge on any atom is -0.361 e. The zero-order valence-corrected chi connectivity index (χ0v) is 15.7. The Hall–Kier alpha value is -0.143. The highest BCUT2D eigenvalue weighted by molar-refractivity contribution is 9.10. The van der Waals surface area contributed by atoms with Crippen molar-refractivity contribution in [1.82, 2.24) is 14.5 Å². The van der Waals surface area contributed by atoms with Gasteiger partial charge in [-0.1, -0.05) is 31.2 Å². The lowest BCUT2D eigenvalue weighted by Gasteiger charge is -2.16. The molecule has 0 bridgehead atoms. The first kappa shape index (κ1) is 16.2. The van der Waals surface area contributed by atoms with E-state index in [1.165, 1.54) is 0 Å². The first-order valence-electron chi connectivity index (χ1n) is 6.23. The van der Waals surface area contributed by atoms with Gasteiger partial charge in [-0.05, 0) is 39.6 Å². The molecule has 0 saturated carbocycles. The third kappa shape index (κ3) is 3.95. The van der Waals surface area contributed by atoms with E-state index in [2.05, 4.69) is 45.5 Å². The van der Waals surface area contributed by atoms with Crippen LogP contribution in [-0.4, -0.2) is 29.2 Å². The van der Waals surface area contributed by atoms with E-state index in [1.54, 1.807) is 0 Å². The Bertz CT molecular complexity index is 627. The van der Waals surface area contributed by atoms with E-state index in [9.17, 15) is 0 Å². The molecule has 20 heavy (non-hydrogen) atoms. The van der Waals surface area contributed by atoms with E-state index in [0.717, 1.165) is 22.6 Å². The summed E-state index contributed by atoms with van der Waals surface area (Å²) in [5.41, 5.74) is 0.676. The highest BCUT2D eigenvalue weighted by atomic mass is 79.9. The third-order valence-electron chi connectivity index (χ3n) is 2.85. The molecule has 8 heteroatoms. The average molecular weight is 397 g/mol. The SMILES string of the molecule is C[Si](C)(C)CCOCn1c(Br)cc2c(Cl)nc(Cl)nc21. The molecule has 0 radical (unpaired) electrons. The van der Waals surface area contributed by atoms with Crippen LogP contribution in [0.25, 0.3) is 11.0 Å². The zero-order chi connectivity index (χ0) is 14.9. The number of nitrogens with zero attached hydrogens (tertiary/aromatic N) is 3. The van der Waals surface area contributed by atoms with Crippen molar-refractivity contribution in [1.29, 1.82) is 0 Å². The molecule has 0 N–H and O–H groups in total. The molecule has 0 saturated heterocycles. The fourth-order valence-corrected chi connectivity index (χ4v) is 3.37. The summed E-state index contributed by atoms with van der Waals surface area (Å²) in [7, 11) is -1.08. The van der Waals surface area contributed by atoms with Gasteiger partial charge in [0.05, 0.1) is 9.99 Å². The van der Waals surface area contributed by atoms with Crippen LogP contribution in [0.4, 0.5) is 0 Å². The highest BCUT2D eigenvalue weighted by Crippen LogP contribution is 2.28. The number of aromatic nitrogens is 3. The van der Waals surface area contributed by atoms with Crippen molar-refractivity contribution in [2.24, 2.45) is 0 Å². The molecule has 0 aliphatic rings. The monoisotopic (exact) mass is 395 g/mol. The quantitative estimate of drug-likeness (QED) is 0.315. The van der Waals surface area contributed by atoms with Crippen LogP contribution in [0.5, 0.6) is 0 Å². The van der Waals surface area contributed by atoms with Crippen molar-refractivity contribution in [2.45, 2.75) is 32.4 Å². The molecule has 2 aromatic rings. The number of rotatable bonds is 5. The summed E-state index contributed by atoms with van der Waals surface area (Å²) in [6, 6.07) is 3.00. The van der Waals surface area contributed by atoms with Crippen molar-refractivity contribution < 1.29 is 4.74 Å². The second kappa shape index (κ2) is 6.32. The van der Waals surface area contributed by atoms with Crippen LogP contribution < -0.4 is 0 Å². The van der Waals surface area contributed by atoms with Crippen molar-refractivity contribution in [3.8, 4) is 0 Å². The van der Waals surface area contributed by atoms with Gasteiger partial charge in [0.1, 0.15) is 17.5 Å². The second-order valence-electron chi connectivity index (χ2n) is 5.76. The molecule has 110 valence electrons. The van der Waals surface area contributed by atoms with Crippen LogP contribution in [0.3, 0.4) is 0 Å². The highest BCUT2D eigenvalue weighted by Gasteiger charge is 2.15. The number of halogens is 3. The fraction of sp³-hybridized carbons (Fsp3) is 0.500. The van der Waals surface area contributed by atoms with Crippen LogP contribution in [-0.2, 0) is 11.5 Å². The van der Waals surface area contributed by atoms with E-state index in [0.29, 0.717) is 17.5 Å². The standard InChI is InChI=1S/C12H16BrCl2N3OSi/c1-20(2,3)5-4-19-7-18-9(13)6-8-10(14)16-12(15)17-11(8)18/h6H,4-5,7H2,1-3H3. The molecule has 0 spiro atoms. The van der Waals surface area contributed by atoms with E-state index >= 15 is 0 Å². The number of ether oxygens (including phenoxy) is 1. The Morgan fingerprint density at radius 3 is 2.65 bits per heavy atom. The Morgan fingerprint density at radius 2 is 2.00 bits per heavy atom. The Kier molecular flexibility index (Phi) is 5.13. The van der Waals surface area contributed by atoms with Gasteiger partial charge in [-0.25, -0.2) is 4.98 Å². The van der Waals surface area contributed by atoms with Crippen LogP contribution in [0, 0.1) is 0 Å². The van der Waals surface area contributed by atoms with Gasteiger partial charge in [0.2, 0.25) is 5.28 Å². The molecule has 0 aliphatic carbocycles. The molecule has 2 heterocycles. The zero-order valence-electron chi connectivity index (χ0n) is 11.6. The van der Waals surface area contributed by atoms with Crippen LogP contribution in [0.15, 0.2) is 10.7 Å². The molecule has 2 rings (SSSR count). The molecule has 4 nitrogen and oxygen atoms in total. The maximum Gasteiger partial charge on any atom is 0.225 e. The lowest BCUT2D eigenvalue weighted by Crippen LogP contribution is -2.22. The van der Waals surface area contributed by atoms with Gasteiger partial charge in [0.25, 0.3) is 0 Å². The number of hydrogen-bond donors (Lipinski definition) is 0. The van der Waals surface area contributed by atoms with Crippen LogP contribution in [0.2, 0.25) is 36.1 Å². The first-order valence-corrected chi connectivity index (χ1v) is 11.5. The molecule has 0 fully saturated rings. The smallest absolute Gasteiger partial charge is 0.225 e. The molecule has 0 unspecified atom stereocenters. The van der Waals surface area contributed by atoms with E-state index < -0.39 is 8.07 Å². The first-order chi connectivity index (χ1) is 9.28. The molecule has 2 aromatic heterocycles. The minimum atomic E-state index is -1.08. The van der Waals surface area contributed by atoms with Crippen molar-refractivity contribution >= 4 is 58.2 Å². The molecular formula is C12H16BrCl2N3OSi. The van der Waals surface area contributed by atoms with Gasteiger partial charge in [0, 0.05) is 14.7 Å². The minimum absolute atomic E-state index is 0.136. The largest absolute Gasteiger partial charge is 0.361 e. The van der Waals surface area contributed by atoms with Gasteiger partial charge in [0.15, 0.2) is 0 Å². The van der Waals surface area contributed by atoms with Crippen molar-refractivity contribution in [3.05, 3.63) is 21.1 Å². The van der Waals surface area contributed by atoms with Crippen LogP contribution in [0.1, 0.15) is 0 Å².